The van der Waals surface area contributed by atoms with Gasteiger partial charge in [0, 0.05) is 17.0 Å². The molecular formula is C15H17F2NOS. The van der Waals surface area contributed by atoms with E-state index in [4.69, 9.17) is 4.42 Å². The van der Waals surface area contributed by atoms with Crippen LogP contribution >= 0.6 is 11.8 Å². The van der Waals surface area contributed by atoms with E-state index in [0.29, 0.717) is 23.2 Å². The van der Waals surface area contributed by atoms with E-state index >= 15 is 0 Å². The maximum absolute atomic E-state index is 13.5. The molecule has 0 aliphatic rings. The van der Waals surface area contributed by atoms with Crippen LogP contribution in [0.2, 0.25) is 0 Å². The lowest BCUT2D eigenvalue weighted by Crippen LogP contribution is -2.21. The molecule has 108 valence electrons. The van der Waals surface area contributed by atoms with E-state index in [9.17, 15) is 8.78 Å². The van der Waals surface area contributed by atoms with Crippen molar-refractivity contribution in [1.82, 2.24) is 5.32 Å². The molecule has 0 aliphatic heterocycles. The van der Waals surface area contributed by atoms with Crippen LogP contribution in [0, 0.1) is 11.6 Å². The molecule has 0 unspecified atom stereocenters. The summed E-state index contributed by atoms with van der Waals surface area (Å²) >= 11 is 1.29. The van der Waals surface area contributed by atoms with Gasteiger partial charge < -0.3 is 9.73 Å². The molecule has 2 nitrogen and oxygen atoms in total. The maximum Gasteiger partial charge on any atom is 0.139 e. The molecule has 1 heterocycles. The SMILES string of the molecule is CC(C)NCc1ccc(CSc2ccc(F)cc2F)o1. The van der Waals surface area contributed by atoms with Crippen LogP contribution in [0.4, 0.5) is 8.78 Å². The fraction of sp³-hybridized carbons (Fsp3) is 0.333. The van der Waals surface area contributed by atoms with Crippen LogP contribution in [0.15, 0.2) is 39.6 Å². The van der Waals surface area contributed by atoms with Crippen LogP contribution in [-0.2, 0) is 12.3 Å². The smallest absolute Gasteiger partial charge is 0.139 e. The monoisotopic (exact) mass is 297 g/mol. The zero-order chi connectivity index (χ0) is 14.5. The Hall–Kier alpha value is -1.33. The summed E-state index contributed by atoms with van der Waals surface area (Å²) in [4.78, 5) is 0.421. The average Bonchev–Trinajstić information content (AvgIpc) is 2.83. The Balaban J connectivity index is 1.90. The summed E-state index contributed by atoms with van der Waals surface area (Å²) in [5.74, 6) is 1.05. The summed E-state index contributed by atoms with van der Waals surface area (Å²) < 4.78 is 31.9. The van der Waals surface area contributed by atoms with Gasteiger partial charge in [-0.2, -0.15) is 0 Å². The van der Waals surface area contributed by atoms with Gasteiger partial charge in [-0.25, -0.2) is 8.78 Å². The van der Waals surface area contributed by atoms with Crippen molar-refractivity contribution in [2.75, 3.05) is 0 Å². The van der Waals surface area contributed by atoms with Gasteiger partial charge in [-0.3, -0.25) is 0 Å². The number of halogens is 2. The Morgan fingerprint density at radius 3 is 2.60 bits per heavy atom. The van der Waals surface area contributed by atoms with E-state index in [0.717, 1.165) is 17.6 Å². The van der Waals surface area contributed by atoms with Crippen LogP contribution in [0.25, 0.3) is 0 Å². The van der Waals surface area contributed by atoms with Gasteiger partial charge in [0.1, 0.15) is 23.2 Å². The first-order valence-electron chi connectivity index (χ1n) is 6.43. The molecule has 0 atom stereocenters. The third-order valence-corrected chi connectivity index (χ3v) is 3.74. The molecule has 0 spiro atoms. The molecule has 20 heavy (non-hydrogen) atoms. The van der Waals surface area contributed by atoms with E-state index in [-0.39, 0.29) is 0 Å². The summed E-state index contributed by atoms with van der Waals surface area (Å²) in [7, 11) is 0. The van der Waals surface area contributed by atoms with Crippen LogP contribution in [0.3, 0.4) is 0 Å². The molecule has 1 N–H and O–H groups in total. The zero-order valence-electron chi connectivity index (χ0n) is 11.5. The Labute approximate surface area is 121 Å². The number of furan rings is 1. The number of benzene rings is 1. The summed E-state index contributed by atoms with van der Waals surface area (Å²) in [5.41, 5.74) is 0. The highest BCUT2D eigenvalue weighted by Gasteiger charge is 2.07. The first kappa shape index (κ1) is 15.1. The van der Waals surface area contributed by atoms with Crippen molar-refractivity contribution >= 4 is 11.8 Å². The predicted molar refractivity (Wildman–Crippen MR) is 76.6 cm³/mol. The minimum atomic E-state index is -0.563. The lowest BCUT2D eigenvalue weighted by molar-refractivity contribution is 0.445. The second-order valence-electron chi connectivity index (χ2n) is 4.77. The van der Waals surface area contributed by atoms with Crippen molar-refractivity contribution in [3.63, 3.8) is 0 Å². The topological polar surface area (TPSA) is 25.2 Å². The second kappa shape index (κ2) is 6.90. The third kappa shape index (κ3) is 4.35. The largest absolute Gasteiger partial charge is 0.464 e. The first-order chi connectivity index (χ1) is 9.54. The molecule has 1 aromatic carbocycles. The first-order valence-corrected chi connectivity index (χ1v) is 7.42. The maximum atomic E-state index is 13.5. The fourth-order valence-corrected chi connectivity index (χ4v) is 2.45. The van der Waals surface area contributed by atoms with Crippen molar-refractivity contribution in [2.24, 2.45) is 0 Å². The molecule has 0 bridgehead atoms. The molecular weight excluding hydrogens is 280 g/mol. The van der Waals surface area contributed by atoms with Gasteiger partial charge in [0.15, 0.2) is 0 Å². The van der Waals surface area contributed by atoms with E-state index < -0.39 is 11.6 Å². The lowest BCUT2D eigenvalue weighted by Gasteiger charge is -2.05. The van der Waals surface area contributed by atoms with E-state index in [1.807, 2.05) is 12.1 Å². The average molecular weight is 297 g/mol. The molecule has 1 aromatic heterocycles. The Morgan fingerprint density at radius 1 is 1.15 bits per heavy atom. The Morgan fingerprint density at radius 2 is 1.90 bits per heavy atom. The third-order valence-electron chi connectivity index (χ3n) is 2.67. The quantitative estimate of drug-likeness (QED) is 0.803. The van der Waals surface area contributed by atoms with Crippen LogP contribution in [0.5, 0.6) is 0 Å². The minimum absolute atomic E-state index is 0.395. The van der Waals surface area contributed by atoms with Gasteiger partial charge in [0.25, 0.3) is 0 Å². The highest BCUT2D eigenvalue weighted by atomic mass is 32.2. The molecule has 0 fully saturated rings. The summed E-state index contributed by atoms with van der Waals surface area (Å²) in [6.45, 7) is 4.81. The fourth-order valence-electron chi connectivity index (χ4n) is 1.64. The van der Waals surface area contributed by atoms with Crippen molar-refractivity contribution in [3.8, 4) is 0 Å². The number of rotatable bonds is 6. The second-order valence-corrected chi connectivity index (χ2v) is 5.78. The van der Waals surface area contributed by atoms with Gasteiger partial charge in [-0.05, 0) is 24.3 Å². The highest BCUT2D eigenvalue weighted by molar-refractivity contribution is 7.98. The number of thioether (sulfide) groups is 1. The van der Waals surface area contributed by atoms with E-state index in [2.05, 4.69) is 19.2 Å². The summed E-state index contributed by atoms with van der Waals surface area (Å²) in [6, 6.07) is 7.78. The molecule has 0 amide bonds. The van der Waals surface area contributed by atoms with Gasteiger partial charge in [0.2, 0.25) is 0 Å². The van der Waals surface area contributed by atoms with Crippen molar-refractivity contribution < 1.29 is 13.2 Å². The minimum Gasteiger partial charge on any atom is -0.464 e. The molecule has 0 saturated heterocycles. The highest BCUT2D eigenvalue weighted by Crippen LogP contribution is 2.26. The predicted octanol–water partition coefficient (Wildman–Crippen LogP) is 4.35. The standard InChI is InChI=1S/C15H17F2NOS/c1-10(2)18-8-12-4-5-13(19-12)9-20-15-6-3-11(16)7-14(15)17/h3-7,10,18H,8-9H2,1-2H3. The van der Waals surface area contributed by atoms with E-state index in [1.54, 1.807) is 0 Å². The Kier molecular flexibility index (Phi) is 5.20. The number of nitrogens with one attached hydrogen (secondary N) is 1. The van der Waals surface area contributed by atoms with Crippen LogP contribution in [-0.4, -0.2) is 6.04 Å². The zero-order valence-corrected chi connectivity index (χ0v) is 12.3. The Bertz CT molecular complexity index is 569. The van der Waals surface area contributed by atoms with Crippen LogP contribution in [0.1, 0.15) is 25.4 Å². The van der Waals surface area contributed by atoms with Gasteiger partial charge in [-0.1, -0.05) is 13.8 Å². The van der Waals surface area contributed by atoms with Crippen LogP contribution < -0.4 is 5.32 Å². The van der Waals surface area contributed by atoms with Gasteiger partial charge in [-0.15, -0.1) is 11.8 Å². The van der Waals surface area contributed by atoms with Crippen molar-refractivity contribution in [2.45, 2.75) is 37.1 Å². The summed E-state index contributed by atoms with van der Waals surface area (Å²) in [5, 5.41) is 3.26. The van der Waals surface area contributed by atoms with Gasteiger partial charge >= 0.3 is 0 Å². The molecule has 5 heteroatoms. The van der Waals surface area contributed by atoms with E-state index in [1.165, 1.54) is 23.9 Å². The molecule has 2 aromatic rings. The summed E-state index contributed by atoms with van der Waals surface area (Å²) in [6.07, 6.45) is 0. The lowest BCUT2D eigenvalue weighted by atomic mass is 10.3. The van der Waals surface area contributed by atoms with Crippen molar-refractivity contribution in [3.05, 3.63) is 53.5 Å². The molecule has 2 rings (SSSR count). The van der Waals surface area contributed by atoms with Crippen molar-refractivity contribution in [1.29, 1.82) is 0 Å². The van der Waals surface area contributed by atoms with Gasteiger partial charge in [0.05, 0.1) is 12.3 Å². The molecule has 0 radical (unpaired) electrons. The number of hydrogen-bond acceptors (Lipinski definition) is 3. The normalized spacial score (nSPS) is 11.2. The molecule has 0 saturated carbocycles. The molecule has 0 aliphatic carbocycles. The number of hydrogen-bond donors (Lipinski definition) is 1.